The second kappa shape index (κ2) is 6.36. The van der Waals surface area contributed by atoms with Crippen LogP contribution < -0.4 is 0 Å². The zero-order valence-electron chi connectivity index (χ0n) is 12.1. The first-order valence-corrected chi connectivity index (χ1v) is 6.88. The van der Waals surface area contributed by atoms with E-state index in [2.05, 4.69) is 52.7 Å². The van der Waals surface area contributed by atoms with E-state index in [1.807, 2.05) is 24.4 Å². The molecule has 4 heteroatoms. The Balaban J connectivity index is 2.13. The van der Waals surface area contributed by atoms with E-state index in [4.69, 9.17) is 0 Å². The molecule has 1 aromatic rings. The maximum absolute atomic E-state index is 4.62. The molecule has 2 rings (SSSR count). The molecule has 0 saturated carbocycles. The zero-order chi connectivity index (χ0) is 13.7. The molecule has 1 saturated heterocycles. The smallest absolute Gasteiger partial charge is 0.268 e. The van der Waals surface area contributed by atoms with Crippen LogP contribution in [0.5, 0.6) is 0 Å². The van der Waals surface area contributed by atoms with E-state index < -0.39 is 0 Å². The molecule has 19 heavy (non-hydrogen) atoms. The summed E-state index contributed by atoms with van der Waals surface area (Å²) in [5.41, 5.74) is 1.13. The predicted molar refractivity (Wildman–Crippen MR) is 79.7 cm³/mol. The van der Waals surface area contributed by atoms with Crippen molar-refractivity contribution in [1.82, 2.24) is 9.91 Å². The minimum Gasteiger partial charge on any atom is -0.268 e. The van der Waals surface area contributed by atoms with Crippen molar-refractivity contribution < 1.29 is 4.58 Å². The van der Waals surface area contributed by atoms with Gasteiger partial charge in [0, 0.05) is 0 Å². The lowest BCUT2D eigenvalue weighted by Crippen LogP contribution is -2.37. The fourth-order valence-corrected chi connectivity index (χ4v) is 2.36. The van der Waals surface area contributed by atoms with Gasteiger partial charge in [0.25, 0.3) is 0 Å². The van der Waals surface area contributed by atoms with Gasteiger partial charge >= 0.3 is 5.96 Å². The first kappa shape index (κ1) is 13.6. The summed E-state index contributed by atoms with van der Waals surface area (Å²) < 4.78 is 2.14. The van der Waals surface area contributed by atoms with Gasteiger partial charge in [-0.25, -0.2) is 0 Å². The minimum absolute atomic E-state index is 0.955. The maximum Gasteiger partial charge on any atom is 0.374 e. The van der Waals surface area contributed by atoms with Crippen LogP contribution in [0.4, 0.5) is 0 Å². The van der Waals surface area contributed by atoms with Crippen LogP contribution >= 0.6 is 0 Å². The van der Waals surface area contributed by atoms with E-state index >= 15 is 0 Å². The molecular formula is C15H23N4+. The van der Waals surface area contributed by atoms with Crippen molar-refractivity contribution >= 4 is 12.2 Å². The van der Waals surface area contributed by atoms with Crippen LogP contribution in [0, 0.1) is 0 Å². The van der Waals surface area contributed by atoms with E-state index in [9.17, 15) is 0 Å². The van der Waals surface area contributed by atoms with E-state index in [0.717, 1.165) is 31.6 Å². The molecule has 1 aromatic carbocycles. The van der Waals surface area contributed by atoms with Crippen molar-refractivity contribution in [3.63, 3.8) is 0 Å². The molecule has 1 heterocycles. The predicted octanol–water partition coefficient (Wildman–Crippen LogP) is 1.68. The number of rotatable bonds is 4. The Labute approximate surface area is 115 Å². The third kappa shape index (κ3) is 3.34. The van der Waals surface area contributed by atoms with Gasteiger partial charge in [0.1, 0.15) is 6.54 Å². The summed E-state index contributed by atoms with van der Waals surface area (Å²) in [4.78, 5) is 2.39. The minimum atomic E-state index is 0.955. The fraction of sp³-hybridized carbons (Fsp3) is 0.467. The van der Waals surface area contributed by atoms with Gasteiger partial charge in [0.15, 0.2) is 0 Å². The summed E-state index contributed by atoms with van der Waals surface area (Å²) in [7, 11) is 4.16. The lowest BCUT2D eigenvalue weighted by atomic mass is 10.2. The van der Waals surface area contributed by atoms with Crippen molar-refractivity contribution in [2.24, 2.45) is 5.10 Å². The lowest BCUT2D eigenvalue weighted by Gasteiger charge is -2.14. The Hall–Kier alpha value is -1.84. The molecule has 0 atom stereocenters. The average Bonchev–Trinajstić information content (AvgIpc) is 2.81. The average molecular weight is 259 g/mol. The molecule has 0 unspecified atom stereocenters. The number of hydrogen-bond acceptors (Lipinski definition) is 1. The molecule has 0 N–H and O–H groups in total. The zero-order valence-corrected chi connectivity index (χ0v) is 12.1. The standard InChI is InChI=1S/C15H23N4/c1-4-10-18-11-12-19(15(18)17(2)3)16-13-14-8-6-5-7-9-14/h5-9,13H,4,10-12H2,1-3H3/q+1. The topological polar surface area (TPSA) is 21.9 Å². The van der Waals surface area contributed by atoms with Crippen LogP contribution in [0.25, 0.3) is 0 Å². The number of benzene rings is 1. The summed E-state index contributed by atoms with van der Waals surface area (Å²) >= 11 is 0. The molecule has 0 bridgehead atoms. The van der Waals surface area contributed by atoms with Crippen molar-refractivity contribution in [1.29, 1.82) is 0 Å². The van der Waals surface area contributed by atoms with Gasteiger partial charge in [-0.1, -0.05) is 37.3 Å². The SMILES string of the molecule is CCCN1CCN(N=Cc2ccccc2)C1=[N+](C)C. The maximum atomic E-state index is 4.62. The van der Waals surface area contributed by atoms with Crippen molar-refractivity contribution in [2.45, 2.75) is 13.3 Å². The highest BCUT2D eigenvalue weighted by molar-refractivity contribution is 5.82. The van der Waals surface area contributed by atoms with Crippen LogP contribution in [-0.4, -0.2) is 60.4 Å². The van der Waals surface area contributed by atoms with E-state index in [0.29, 0.717) is 0 Å². The molecule has 0 aliphatic carbocycles. The van der Waals surface area contributed by atoms with Gasteiger partial charge < -0.3 is 0 Å². The van der Waals surface area contributed by atoms with Gasteiger partial charge in [-0.3, -0.25) is 9.48 Å². The summed E-state index contributed by atoms with van der Waals surface area (Å²) in [6.45, 7) is 5.30. The van der Waals surface area contributed by atoms with Gasteiger partial charge in [-0.2, -0.15) is 0 Å². The van der Waals surface area contributed by atoms with Crippen molar-refractivity contribution in [2.75, 3.05) is 33.7 Å². The molecule has 1 aliphatic rings. The summed E-state index contributed by atoms with van der Waals surface area (Å²) in [6, 6.07) is 10.2. The van der Waals surface area contributed by atoms with E-state index in [-0.39, 0.29) is 0 Å². The number of hydrazone groups is 1. The molecule has 0 amide bonds. The highest BCUT2D eigenvalue weighted by Gasteiger charge is 2.34. The Bertz CT molecular complexity index is 460. The third-order valence-corrected chi connectivity index (χ3v) is 3.13. The van der Waals surface area contributed by atoms with Crippen LogP contribution in [0.3, 0.4) is 0 Å². The Morgan fingerprint density at radius 1 is 1.21 bits per heavy atom. The van der Waals surface area contributed by atoms with Crippen LogP contribution in [0.1, 0.15) is 18.9 Å². The molecule has 1 fully saturated rings. The highest BCUT2D eigenvalue weighted by atomic mass is 15.6. The Morgan fingerprint density at radius 2 is 1.95 bits per heavy atom. The number of nitrogens with zero attached hydrogens (tertiary/aromatic N) is 4. The first-order chi connectivity index (χ1) is 9.22. The third-order valence-electron chi connectivity index (χ3n) is 3.13. The van der Waals surface area contributed by atoms with Crippen LogP contribution in [0.15, 0.2) is 35.4 Å². The lowest BCUT2D eigenvalue weighted by molar-refractivity contribution is -0.474. The fourth-order valence-electron chi connectivity index (χ4n) is 2.36. The van der Waals surface area contributed by atoms with Crippen LogP contribution in [-0.2, 0) is 0 Å². The van der Waals surface area contributed by atoms with Crippen molar-refractivity contribution in [3.05, 3.63) is 35.9 Å². The molecule has 4 nitrogen and oxygen atoms in total. The molecular weight excluding hydrogens is 236 g/mol. The quantitative estimate of drug-likeness (QED) is 0.606. The highest BCUT2D eigenvalue weighted by Crippen LogP contribution is 2.09. The van der Waals surface area contributed by atoms with Gasteiger partial charge in [-0.05, 0) is 12.0 Å². The molecule has 0 spiro atoms. The van der Waals surface area contributed by atoms with Gasteiger partial charge in [0.2, 0.25) is 0 Å². The molecule has 102 valence electrons. The largest absolute Gasteiger partial charge is 0.374 e. The Morgan fingerprint density at radius 3 is 2.58 bits per heavy atom. The summed E-state index contributed by atoms with van der Waals surface area (Å²) in [6.07, 6.45) is 3.09. The van der Waals surface area contributed by atoms with Gasteiger partial charge in [-0.15, -0.1) is 10.1 Å². The van der Waals surface area contributed by atoms with Crippen LogP contribution in [0.2, 0.25) is 0 Å². The Kier molecular flexibility index (Phi) is 4.55. The van der Waals surface area contributed by atoms with E-state index in [1.54, 1.807) is 0 Å². The van der Waals surface area contributed by atoms with Crippen molar-refractivity contribution in [3.8, 4) is 0 Å². The normalized spacial score (nSPS) is 15.6. The second-order valence-corrected chi connectivity index (χ2v) is 4.96. The monoisotopic (exact) mass is 259 g/mol. The summed E-state index contributed by atoms with van der Waals surface area (Å²) in [5.74, 6) is 1.19. The molecule has 0 radical (unpaired) electrons. The number of guanidine groups is 1. The summed E-state index contributed by atoms with van der Waals surface area (Å²) in [5, 5.41) is 6.70. The molecule has 1 aliphatic heterocycles. The second-order valence-electron chi connectivity index (χ2n) is 4.96. The molecule has 0 aromatic heterocycles. The number of hydrogen-bond donors (Lipinski definition) is 0. The van der Waals surface area contributed by atoms with E-state index in [1.165, 1.54) is 5.96 Å². The first-order valence-electron chi connectivity index (χ1n) is 6.88. The van der Waals surface area contributed by atoms with Gasteiger partial charge in [0.05, 0.1) is 33.4 Å².